The molecule has 3 aliphatic rings. The van der Waals surface area contributed by atoms with Gasteiger partial charge in [-0.25, -0.2) is 17.6 Å². The van der Waals surface area contributed by atoms with E-state index in [4.69, 9.17) is 4.74 Å². The molecule has 2 aliphatic heterocycles. The van der Waals surface area contributed by atoms with Crippen LogP contribution in [0.15, 0.2) is 18.2 Å². The second-order valence-corrected chi connectivity index (χ2v) is 12.6. The van der Waals surface area contributed by atoms with Gasteiger partial charge in [0.05, 0.1) is 18.1 Å². The standard InChI is InChI=1S/C25H36FN3O5S/c1-28-13-10-25(17-28,20-7-8-21(26)22(15-20)34-16-19-5-6-19)18-35(32,33)14-4-2-3-11-29-12-9-23(30)27-24(29)31/h7-8,15,19H,2-6,9-14,16-18H2,1H3,(H,27,30,31). The number of rotatable bonds is 12. The second kappa shape index (κ2) is 10.8. The predicted octanol–water partition coefficient (Wildman–Crippen LogP) is 2.71. The molecule has 194 valence electrons. The van der Waals surface area contributed by atoms with Crippen LogP contribution in [0.1, 0.15) is 50.5 Å². The van der Waals surface area contributed by atoms with Gasteiger partial charge in [0, 0.05) is 31.5 Å². The van der Waals surface area contributed by atoms with E-state index in [1.165, 1.54) is 6.07 Å². The molecule has 0 bridgehead atoms. The second-order valence-electron chi connectivity index (χ2n) is 10.4. The van der Waals surface area contributed by atoms with E-state index in [-0.39, 0.29) is 29.2 Å². The minimum atomic E-state index is -3.36. The number of nitrogens with zero attached hydrogens (tertiary/aromatic N) is 2. The number of halogens is 1. The number of nitrogens with one attached hydrogen (secondary N) is 1. The fourth-order valence-electron chi connectivity index (χ4n) is 5.06. The normalized spacial score (nSPS) is 23.5. The molecule has 0 aromatic heterocycles. The first kappa shape index (κ1) is 25.9. The summed E-state index contributed by atoms with van der Waals surface area (Å²) >= 11 is 0. The van der Waals surface area contributed by atoms with E-state index in [1.54, 1.807) is 17.0 Å². The van der Waals surface area contributed by atoms with E-state index in [9.17, 15) is 22.4 Å². The number of hydrogen-bond acceptors (Lipinski definition) is 6. The quantitative estimate of drug-likeness (QED) is 0.436. The molecule has 1 N–H and O–H groups in total. The molecule has 10 heteroatoms. The van der Waals surface area contributed by atoms with Crippen molar-refractivity contribution in [2.45, 2.75) is 50.4 Å². The minimum absolute atomic E-state index is 0.0225. The van der Waals surface area contributed by atoms with E-state index >= 15 is 0 Å². The first-order valence-electron chi connectivity index (χ1n) is 12.6. The number of imide groups is 1. The van der Waals surface area contributed by atoms with Gasteiger partial charge in [-0.1, -0.05) is 12.5 Å². The number of amides is 3. The van der Waals surface area contributed by atoms with Gasteiger partial charge in [-0.2, -0.15) is 0 Å². The summed E-state index contributed by atoms with van der Waals surface area (Å²) < 4.78 is 46.4. The zero-order valence-electron chi connectivity index (χ0n) is 20.4. The molecule has 0 spiro atoms. The molecule has 8 nitrogen and oxygen atoms in total. The van der Waals surface area contributed by atoms with Gasteiger partial charge in [-0.15, -0.1) is 0 Å². The predicted molar refractivity (Wildman–Crippen MR) is 131 cm³/mol. The van der Waals surface area contributed by atoms with Crippen molar-refractivity contribution in [2.75, 3.05) is 51.3 Å². The Labute approximate surface area is 207 Å². The van der Waals surface area contributed by atoms with Gasteiger partial charge in [0.1, 0.15) is 0 Å². The van der Waals surface area contributed by atoms with Crippen molar-refractivity contribution in [3.05, 3.63) is 29.6 Å². The molecular weight excluding hydrogens is 473 g/mol. The SMILES string of the molecule is CN1CCC(CS(=O)(=O)CCCCCN2CCC(=O)NC2=O)(c2ccc(F)c(OCC3CC3)c2)C1. The molecule has 4 rings (SSSR count). The number of unbranched alkanes of at least 4 members (excludes halogenated alkanes) is 2. The zero-order chi connectivity index (χ0) is 25.1. The lowest BCUT2D eigenvalue weighted by molar-refractivity contribution is -0.121. The molecule has 1 unspecified atom stereocenters. The average Bonchev–Trinajstić information content (AvgIpc) is 3.55. The molecule has 1 aliphatic carbocycles. The number of ether oxygens (including phenoxy) is 1. The fraction of sp³-hybridized carbons (Fsp3) is 0.680. The first-order valence-corrected chi connectivity index (χ1v) is 14.4. The van der Waals surface area contributed by atoms with E-state index in [0.29, 0.717) is 64.3 Å². The lowest BCUT2D eigenvalue weighted by Gasteiger charge is -2.30. The van der Waals surface area contributed by atoms with Crippen molar-refractivity contribution in [1.82, 2.24) is 15.1 Å². The molecule has 1 atom stereocenters. The Morgan fingerprint density at radius 2 is 1.97 bits per heavy atom. The molecule has 1 aromatic rings. The maximum atomic E-state index is 14.4. The summed E-state index contributed by atoms with van der Waals surface area (Å²) in [7, 11) is -1.38. The van der Waals surface area contributed by atoms with Crippen LogP contribution in [0.25, 0.3) is 0 Å². The number of likely N-dealkylation sites (N-methyl/N-ethyl adjacent to an activating group) is 1. The number of sulfone groups is 1. The Morgan fingerprint density at radius 1 is 1.17 bits per heavy atom. The van der Waals surface area contributed by atoms with Crippen molar-refractivity contribution < 1.29 is 27.1 Å². The summed E-state index contributed by atoms with van der Waals surface area (Å²) in [6, 6.07) is 4.44. The summed E-state index contributed by atoms with van der Waals surface area (Å²) in [5.74, 6) is 0.141. The summed E-state index contributed by atoms with van der Waals surface area (Å²) in [5.41, 5.74) is 0.237. The summed E-state index contributed by atoms with van der Waals surface area (Å²) in [6.07, 6.45) is 5.09. The van der Waals surface area contributed by atoms with Gasteiger partial charge in [0.15, 0.2) is 21.4 Å². The molecule has 3 amide bonds. The van der Waals surface area contributed by atoms with E-state index in [2.05, 4.69) is 10.2 Å². The highest BCUT2D eigenvalue weighted by atomic mass is 32.2. The third-order valence-electron chi connectivity index (χ3n) is 7.28. The summed E-state index contributed by atoms with van der Waals surface area (Å²) in [4.78, 5) is 26.8. The van der Waals surface area contributed by atoms with Crippen LogP contribution in [0.2, 0.25) is 0 Å². The van der Waals surface area contributed by atoms with Crippen LogP contribution in [0.3, 0.4) is 0 Å². The van der Waals surface area contributed by atoms with Crippen LogP contribution in [-0.4, -0.2) is 81.5 Å². The summed E-state index contributed by atoms with van der Waals surface area (Å²) in [5, 5.41) is 2.30. The Hall–Kier alpha value is -2.20. The van der Waals surface area contributed by atoms with Crippen LogP contribution in [0.5, 0.6) is 5.75 Å². The maximum Gasteiger partial charge on any atom is 0.324 e. The molecule has 2 heterocycles. The third-order valence-corrected chi connectivity index (χ3v) is 9.18. The zero-order valence-corrected chi connectivity index (χ0v) is 21.2. The van der Waals surface area contributed by atoms with Gasteiger partial charge >= 0.3 is 6.03 Å². The monoisotopic (exact) mass is 509 g/mol. The average molecular weight is 510 g/mol. The van der Waals surface area contributed by atoms with Gasteiger partial charge in [0.2, 0.25) is 5.91 Å². The van der Waals surface area contributed by atoms with Gasteiger partial charge < -0.3 is 14.5 Å². The van der Waals surface area contributed by atoms with Crippen LogP contribution in [0.4, 0.5) is 9.18 Å². The Morgan fingerprint density at radius 3 is 2.66 bits per heavy atom. The van der Waals surface area contributed by atoms with E-state index in [0.717, 1.165) is 24.9 Å². The van der Waals surface area contributed by atoms with Gasteiger partial charge in [0.25, 0.3) is 0 Å². The molecule has 1 saturated carbocycles. The van der Waals surface area contributed by atoms with Crippen molar-refractivity contribution >= 4 is 21.8 Å². The summed E-state index contributed by atoms with van der Waals surface area (Å²) in [6.45, 7) is 2.80. The molecule has 2 saturated heterocycles. The third kappa shape index (κ3) is 6.94. The fourth-order valence-corrected chi connectivity index (χ4v) is 7.09. The number of hydrogen-bond donors (Lipinski definition) is 1. The number of urea groups is 1. The van der Waals surface area contributed by atoms with Gasteiger partial charge in [-0.3, -0.25) is 10.1 Å². The minimum Gasteiger partial charge on any atom is -0.490 e. The lowest BCUT2D eigenvalue weighted by atomic mass is 9.81. The van der Waals surface area contributed by atoms with Crippen LogP contribution in [0, 0.1) is 11.7 Å². The Balaban J connectivity index is 1.34. The van der Waals surface area contributed by atoms with Crippen molar-refractivity contribution in [1.29, 1.82) is 0 Å². The molecule has 0 radical (unpaired) electrons. The number of benzene rings is 1. The Kier molecular flexibility index (Phi) is 8.00. The Bertz CT molecular complexity index is 1050. The molecule has 3 fully saturated rings. The van der Waals surface area contributed by atoms with Crippen LogP contribution >= 0.6 is 0 Å². The topological polar surface area (TPSA) is 96.0 Å². The smallest absolute Gasteiger partial charge is 0.324 e. The van der Waals surface area contributed by atoms with E-state index in [1.807, 2.05) is 7.05 Å². The molecule has 1 aromatic carbocycles. The highest BCUT2D eigenvalue weighted by Crippen LogP contribution is 2.38. The largest absolute Gasteiger partial charge is 0.490 e. The van der Waals surface area contributed by atoms with Crippen molar-refractivity contribution in [3.63, 3.8) is 0 Å². The van der Waals surface area contributed by atoms with E-state index < -0.39 is 21.1 Å². The molecule has 35 heavy (non-hydrogen) atoms. The van der Waals surface area contributed by atoms with Crippen molar-refractivity contribution in [2.24, 2.45) is 5.92 Å². The van der Waals surface area contributed by atoms with Crippen molar-refractivity contribution in [3.8, 4) is 5.75 Å². The number of carbonyl (C=O) groups is 2. The number of carbonyl (C=O) groups excluding carboxylic acids is 2. The van der Waals surface area contributed by atoms with Crippen LogP contribution < -0.4 is 10.1 Å². The maximum absolute atomic E-state index is 14.4. The molecular formula is C25H36FN3O5S. The number of likely N-dealkylation sites (tertiary alicyclic amines) is 1. The lowest BCUT2D eigenvalue weighted by Crippen LogP contribution is -2.49. The van der Waals surface area contributed by atoms with Crippen LogP contribution in [-0.2, 0) is 20.0 Å². The van der Waals surface area contributed by atoms with Gasteiger partial charge in [-0.05, 0) is 69.3 Å². The first-order chi connectivity index (χ1) is 16.7. The highest BCUT2D eigenvalue weighted by Gasteiger charge is 2.42. The highest BCUT2D eigenvalue weighted by molar-refractivity contribution is 7.91.